The van der Waals surface area contributed by atoms with Crippen molar-refractivity contribution in [1.29, 1.82) is 0 Å². The Kier molecular flexibility index (Phi) is 3.53. The molecule has 3 N–H and O–H groups in total. The van der Waals surface area contributed by atoms with Gasteiger partial charge in [-0.1, -0.05) is 0 Å². The summed E-state index contributed by atoms with van der Waals surface area (Å²) in [5, 5.41) is 3.09. The lowest BCUT2D eigenvalue weighted by Gasteiger charge is -2.12. The standard InChI is InChI=1S/C13H18N4O/c1-9(14)12-8-18-13(16-12)15-10-4-6-11(7-5-10)17(2)3/h4-9H,14H2,1-3H3,(H,15,16). The minimum Gasteiger partial charge on any atom is -0.432 e. The van der Waals surface area contributed by atoms with Gasteiger partial charge in [0.15, 0.2) is 0 Å². The van der Waals surface area contributed by atoms with Gasteiger partial charge in [-0.15, -0.1) is 0 Å². The van der Waals surface area contributed by atoms with Crippen LogP contribution in [-0.4, -0.2) is 19.1 Å². The summed E-state index contributed by atoms with van der Waals surface area (Å²) in [5.41, 5.74) is 8.53. The second-order valence-electron chi connectivity index (χ2n) is 4.43. The third-order valence-corrected chi connectivity index (χ3v) is 2.62. The van der Waals surface area contributed by atoms with Crippen molar-refractivity contribution in [2.24, 2.45) is 5.73 Å². The van der Waals surface area contributed by atoms with Gasteiger partial charge in [0, 0.05) is 31.5 Å². The summed E-state index contributed by atoms with van der Waals surface area (Å²) in [5.74, 6) is 0. The van der Waals surface area contributed by atoms with Crippen molar-refractivity contribution in [2.75, 3.05) is 24.3 Å². The van der Waals surface area contributed by atoms with E-state index in [0.29, 0.717) is 6.01 Å². The maximum absolute atomic E-state index is 5.72. The van der Waals surface area contributed by atoms with Crippen LogP contribution in [0, 0.1) is 0 Å². The maximum Gasteiger partial charge on any atom is 0.299 e. The molecule has 5 nitrogen and oxygen atoms in total. The minimum absolute atomic E-state index is 0.125. The van der Waals surface area contributed by atoms with Crippen LogP contribution >= 0.6 is 0 Å². The fourth-order valence-corrected chi connectivity index (χ4v) is 1.52. The minimum atomic E-state index is -0.125. The number of aromatic nitrogens is 1. The van der Waals surface area contributed by atoms with Crippen molar-refractivity contribution in [3.8, 4) is 0 Å². The second-order valence-corrected chi connectivity index (χ2v) is 4.43. The van der Waals surface area contributed by atoms with Crippen LogP contribution in [0.4, 0.5) is 17.4 Å². The molecule has 1 aromatic heterocycles. The van der Waals surface area contributed by atoms with Gasteiger partial charge in [-0.2, -0.15) is 4.98 Å². The lowest BCUT2D eigenvalue weighted by atomic mass is 10.2. The largest absolute Gasteiger partial charge is 0.432 e. The molecule has 0 aliphatic rings. The van der Waals surface area contributed by atoms with E-state index in [1.165, 1.54) is 0 Å². The maximum atomic E-state index is 5.72. The highest BCUT2D eigenvalue weighted by Crippen LogP contribution is 2.20. The summed E-state index contributed by atoms with van der Waals surface area (Å²) in [4.78, 5) is 6.29. The molecular weight excluding hydrogens is 228 g/mol. The molecule has 0 radical (unpaired) electrons. The van der Waals surface area contributed by atoms with Crippen LogP contribution in [0.15, 0.2) is 34.9 Å². The summed E-state index contributed by atoms with van der Waals surface area (Å²) in [6.07, 6.45) is 1.57. The Hall–Kier alpha value is -2.01. The normalized spacial score (nSPS) is 12.2. The average molecular weight is 246 g/mol. The topological polar surface area (TPSA) is 67.3 Å². The highest BCUT2D eigenvalue weighted by atomic mass is 16.4. The molecule has 1 atom stereocenters. The highest BCUT2D eigenvalue weighted by molar-refractivity contribution is 5.58. The fraction of sp³-hybridized carbons (Fsp3) is 0.308. The number of hydrogen-bond acceptors (Lipinski definition) is 5. The van der Waals surface area contributed by atoms with Crippen molar-refractivity contribution >= 4 is 17.4 Å². The summed E-state index contributed by atoms with van der Waals surface area (Å²) in [6.45, 7) is 1.87. The van der Waals surface area contributed by atoms with Crippen molar-refractivity contribution < 1.29 is 4.42 Å². The summed E-state index contributed by atoms with van der Waals surface area (Å²) >= 11 is 0. The number of oxazole rings is 1. The lowest BCUT2D eigenvalue weighted by Crippen LogP contribution is -2.08. The number of benzene rings is 1. The molecule has 5 heteroatoms. The van der Waals surface area contributed by atoms with E-state index >= 15 is 0 Å². The lowest BCUT2D eigenvalue weighted by molar-refractivity contribution is 0.573. The Labute approximate surface area is 107 Å². The Balaban J connectivity index is 2.08. The van der Waals surface area contributed by atoms with E-state index in [1.54, 1.807) is 6.26 Å². The first-order valence-electron chi connectivity index (χ1n) is 5.81. The molecule has 2 rings (SSSR count). The smallest absolute Gasteiger partial charge is 0.299 e. The van der Waals surface area contributed by atoms with Gasteiger partial charge in [0.25, 0.3) is 6.01 Å². The second kappa shape index (κ2) is 5.10. The first-order valence-corrected chi connectivity index (χ1v) is 5.81. The molecule has 96 valence electrons. The molecule has 0 saturated carbocycles. The van der Waals surface area contributed by atoms with E-state index in [-0.39, 0.29) is 6.04 Å². The molecule has 1 heterocycles. The van der Waals surface area contributed by atoms with Gasteiger partial charge in [0.1, 0.15) is 6.26 Å². The summed E-state index contributed by atoms with van der Waals surface area (Å²) < 4.78 is 5.29. The van der Waals surface area contributed by atoms with Crippen LogP contribution in [0.2, 0.25) is 0 Å². The van der Waals surface area contributed by atoms with Gasteiger partial charge in [0.05, 0.1) is 5.69 Å². The van der Waals surface area contributed by atoms with Crippen LogP contribution in [0.25, 0.3) is 0 Å². The van der Waals surface area contributed by atoms with E-state index in [9.17, 15) is 0 Å². The number of nitrogens with two attached hydrogens (primary N) is 1. The third-order valence-electron chi connectivity index (χ3n) is 2.62. The van der Waals surface area contributed by atoms with Gasteiger partial charge < -0.3 is 20.4 Å². The SMILES string of the molecule is CC(N)c1coc(Nc2ccc(N(C)C)cc2)n1. The van der Waals surface area contributed by atoms with Gasteiger partial charge in [-0.05, 0) is 31.2 Å². The fourth-order valence-electron chi connectivity index (χ4n) is 1.52. The van der Waals surface area contributed by atoms with E-state index in [2.05, 4.69) is 10.3 Å². The van der Waals surface area contributed by atoms with Gasteiger partial charge in [-0.25, -0.2) is 0 Å². The first-order chi connectivity index (χ1) is 8.56. The van der Waals surface area contributed by atoms with Crippen molar-refractivity contribution in [2.45, 2.75) is 13.0 Å². The molecule has 0 fully saturated rings. The molecule has 1 unspecified atom stereocenters. The third kappa shape index (κ3) is 2.81. The molecule has 0 amide bonds. The van der Waals surface area contributed by atoms with Crippen molar-refractivity contribution in [1.82, 2.24) is 4.98 Å². The summed E-state index contributed by atoms with van der Waals surface area (Å²) in [7, 11) is 4.01. The van der Waals surface area contributed by atoms with Crippen LogP contribution in [0.1, 0.15) is 18.7 Å². The molecule has 0 bridgehead atoms. The van der Waals surface area contributed by atoms with Crippen LogP contribution in [-0.2, 0) is 0 Å². The Bertz CT molecular complexity index is 502. The van der Waals surface area contributed by atoms with E-state index in [0.717, 1.165) is 17.1 Å². The molecule has 2 aromatic rings. The van der Waals surface area contributed by atoms with Crippen LogP contribution in [0.5, 0.6) is 0 Å². The number of nitrogens with zero attached hydrogens (tertiary/aromatic N) is 2. The highest BCUT2D eigenvalue weighted by Gasteiger charge is 2.07. The van der Waals surface area contributed by atoms with Crippen LogP contribution < -0.4 is 16.0 Å². The van der Waals surface area contributed by atoms with E-state index < -0.39 is 0 Å². The van der Waals surface area contributed by atoms with E-state index in [4.69, 9.17) is 10.2 Å². The van der Waals surface area contributed by atoms with Gasteiger partial charge in [-0.3, -0.25) is 0 Å². The Morgan fingerprint density at radius 1 is 1.28 bits per heavy atom. The zero-order valence-electron chi connectivity index (χ0n) is 10.8. The van der Waals surface area contributed by atoms with Crippen LogP contribution in [0.3, 0.4) is 0 Å². The number of hydrogen-bond donors (Lipinski definition) is 2. The number of nitrogens with one attached hydrogen (secondary N) is 1. The zero-order valence-corrected chi connectivity index (χ0v) is 10.8. The number of anilines is 3. The van der Waals surface area contributed by atoms with Gasteiger partial charge in [0.2, 0.25) is 0 Å². The quantitative estimate of drug-likeness (QED) is 0.867. The molecule has 1 aromatic carbocycles. The molecular formula is C13H18N4O. The van der Waals surface area contributed by atoms with Crippen molar-refractivity contribution in [3.05, 3.63) is 36.2 Å². The zero-order chi connectivity index (χ0) is 13.1. The molecule has 0 aliphatic heterocycles. The first kappa shape index (κ1) is 12.4. The Morgan fingerprint density at radius 2 is 1.94 bits per heavy atom. The Morgan fingerprint density at radius 3 is 2.44 bits per heavy atom. The average Bonchev–Trinajstić information content (AvgIpc) is 2.78. The molecule has 18 heavy (non-hydrogen) atoms. The predicted molar refractivity (Wildman–Crippen MR) is 73.2 cm³/mol. The van der Waals surface area contributed by atoms with Gasteiger partial charge >= 0.3 is 0 Å². The van der Waals surface area contributed by atoms with Crippen molar-refractivity contribution in [3.63, 3.8) is 0 Å². The van der Waals surface area contributed by atoms with E-state index in [1.807, 2.05) is 50.2 Å². The predicted octanol–water partition coefficient (Wildman–Crippen LogP) is 2.50. The summed E-state index contributed by atoms with van der Waals surface area (Å²) in [6, 6.07) is 8.34. The molecule has 0 spiro atoms. The molecule has 0 aliphatic carbocycles. The monoisotopic (exact) mass is 246 g/mol. The molecule has 0 saturated heterocycles. The number of rotatable bonds is 4.